The molecule has 0 spiro atoms. The average Bonchev–Trinajstić information content (AvgIpc) is 2.63. The maximum atomic E-state index is 7.39. The summed E-state index contributed by atoms with van der Waals surface area (Å²) >= 11 is 1.75. The van der Waals surface area contributed by atoms with Crippen LogP contribution in [0.1, 0.15) is 5.56 Å². The van der Waals surface area contributed by atoms with E-state index in [0.29, 0.717) is 5.69 Å². The van der Waals surface area contributed by atoms with E-state index in [1.807, 2.05) is 24.4 Å². The van der Waals surface area contributed by atoms with Gasteiger partial charge in [0.25, 0.3) is 0 Å². The van der Waals surface area contributed by atoms with Crippen LogP contribution in [0, 0.1) is 13.5 Å². The quantitative estimate of drug-likeness (QED) is 0.285. The van der Waals surface area contributed by atoms with Gasteiger partial charge in [-0.25, -0.2) is 9.41 Å². The van der Waals surface area contributed by atoms with Crippen LogP contribution in [0.25, 0.3) is 37.8 Å². The van der Waals surface area contributed by atoms with Crippen LogP contribution in [0.5, 0.6) is 0 Å². The molecule has 1 aliphatic rings. The molecule has 0 fully saturated rings. The predicted octanol–water partition coefficient (Wildman–Crippen LogP) is 5.20. The average molecular weight is 340 g/mol. The third-order valence-electron chi connectivity index (χ3n) is 4.90. The maximum absolute atomic E-state index is 7.39. The summed E-state index contributed by atoms with van der Waals surface area (Å²) in [5, 5.41) is 3.56. The SMILES string of the molecule is [C-]#[N+]c1cc2c3c([n+](C)ccc3c1)-c1c(cc3ncccc3c1C)S2. The highest BCUT2D eigenvalue weighted by Crippen LogP contribution is 2.50. The summed E-state index contributed by atoms with van der Waals surface area (Å²) in [6, 6.07) is 12.4. The first-order valence-corrected chi connectivity index (χ1v) is 8.89. The van der Waals surface area contributed by atoms with Crippen LogP contribution in [0.4, 0.5) is 5.69 Å². The van der Waals surface area contributed by atoms with Crippen LogP contribution in [-0.2, 0) is 7.05 Å². The molecule has 3 nitrogen and oxygen atoms in total. The van der Waals surface area contributed by atoms with Crippen LogP contribution in [-0.4, -0.2) is 4.98 Å². The number of aromatic nitrogens is 2. The van der Waals surface area contributed by atoms with Crippen LogP contribution in [0.3, 0.4) is 0 Å². The second-order valence-corrected chi connectivity index (χ2v) is 7.43. The van der Waals surface area contributed by atoms with Gasteiger partial charge in [-0.15, -0.1) is 0 Å². The van der Waals surface area contributed by atoms with Gasteiger partial charge in [0, 0.05) is 27.4 Å². The van der Waals surface area contributed by atoms with Crippen LogP contribution >= 0.6 is 11.8 Å². The number of fused-ring (bicyclic) bond motifs is 3. The van der Waals surface area contributed by atoms with Crippen LogP contribution in [0.15, 0.2) is 58.6 Å². The molecule has 0 aliphatic carbocycles. The lowest BCUT2D eigenvalue weighted by molar-refractivity contribution is -0.659. The van der Waals surface area contributed by atoms with Crippen LogP contribution < -0.4 is 4.57 Å². The molecule has 118 valence electrons. The predicted molar refractivity (Wildman–Crippen MR) is 101 cm³/mol. The minimum atomic E-state index is 0.689. The van der Waals surface area contributed by atoms with Gasteiger partial charge in [-0.05, 0) is 42.1 Å². The molecule has 0 atom stereocenters. The Hall–Kier alpha value is -2.90. The molecule has 0 bridgehead atoms. The molecule has 0 unspecified atom stereocenters. The summed E-state index contributed by atoms with van der Waals surface area (Å²) < 4.78 is 2.19. The van der Waals surface area contributed by atoms with E-state index in [1.54, 1.807) is 11.8 Å². The normalized spacial score (nSPS) is 12.2. The lowest BCUT2D eigenvalue weighted by atomic mass is 9.95. The van der Waals surface area contributed by atoms with Gasteiger partial charge in [-0.2, -0.15) is 0 Å². The zero-order chi connectivity index (χ0) is 17.1. The van der Waals surface area contributed by atoms with Gasteiger partial charge in [0.1, 0.15) is 7.05 Å². The van der Waals surface area contributed by atoms with E-state index in [4.69, 9.17) is 6.57 Å². The van der Waals surface area contributed by atoms with Gasteiger partial charge in [-0.3, -0.25) is 4.98 Å². The second-order valence-electron chi connectivity index (χ2n) is 6.34. The number of rotatable bonds is 0. The van der Waals surface area contributed by atoms with E-state index in [2.05, 4.69) is 52.8 Å². The van der Waals surface area contributed by atoms with E-state index >= 15 is 0 Å². The monoisotopic (exact) mass is 340 g/mol. The Morgan fingerprint density at radius 2 is 2.04 bits per heavy atom. The fraction of sp³-hybridized carbons (Fsp3) is 0.0952. The van der Waals surface area contributed by atoms with E-state index in [-0.39, 0.29) is 0 Å². The van der Waals surface area contributed by atoms with Crippen molar-refractivity contribution in [2.24, 2.45) is 7.05 Å². The summed E-state index contributed by atoms with van der Waals surface area (Å²) in [7, 11) is 2.09. The van der Waals surface area contributed by atoms with Crippen molar-refractivity contribution in [3.8, 4) is 11.3 Å². The van der Waals surface area contributed by atoms with Crippen molar-refractivity contribution >= 4 is 39.1 Å². The molecule has 0 saturated carbocycles. The zero-order valence-electron chi connectivity index (χ0n) is 13.9. The number of aryl methyl sites for hydroxylation is 2. The molecule has 2 aromatic heterocycles. The van der Waals surface area contributed by atoms with Crippen molar-refractivity contribution in [2.75, 3.05) is 0 Å². The van der Waals surface area contributed by atoms with E-state index in [1.165, 1.54) is 32.5 Å². The summed E-state index contributed by atoms with van der Waals surface area (Å²) in [6.45, 7) is 9.57. The van der Waals surface area contributed by atoms with Gasteiger partial charge in [-0.1, -0.05) is 17.8 Å². The molecule has 0 saturated heterocycles. The summed E-state index contributed by atoms with van der Waals surface area (Å²) in [5.74, 6) is 0. The van der Waals surface area contributed by atoms with Crippen LogP contribution in [0.2, 0.25) is 0 Å². The molecule has 3 heterocycles. The van der Waals surface area contributed by atoms with Crippen molar-refractivity contribution in [3.05, 3.63) is 65.8 Å². The second kappa shape index (κ2) is 5.05. The van der Waals surface area contributed by atoms with E-state index in [9.17, 15) is 0 Å². The Morgan fingerprint density at radius 3 is 2.88 bits per heavy atom. The highest BCUT2D eigenvalue weighted by molar-refractivity contribution is 7.99. The summed E-state index contributed by atoms with van der Waals surface area (Å²) in [5.41, 5.74) is 5.47. The Labute approximate surface area is 149 Å². The Bertz CT molecular complexity index is 1250. The van der Waals surface area contributed by atoms with Gasteiger partial charge < -0.3 is 0 Å². The third kappa shape index (κ3) is 1.93. The Morgan fingerprint density at radius 1 is 1.16 bits per heavy atom. The molecular formula is C21H14N3S+. The first-order chi connectivity index (χ1) is 12.2. The fourth-order valence-corrected chi connectivity index (χ4v) is 5.01. The Kier molecular flexibility index (Phi) is 2.92. The molecule has 1 aliphatic heterocycles. The molecule has 0 N–H and O–H groups in total. The van der Waals surface area contributed by atoms with Crippen molar-refractivity contribution in [2.45, 2.75) is 16.7 Å². The molecule has 4 aromatic rings. The smallest absolute Gasteiger partial charge is 0.222 e. The molecule has 4 heteroatoms. The molecule has 5 rings (SSSR count). The number of benzene rings is 2. The number of pyridine rings is 2. The molecule has 0 radical (unpaired) electrons. The largest absolute Gasteiger partial charge is 0.256 e. The van der Waals surface area contributed by atoms with Gasteiger partial charge in [0.2, 0.25) is 5.69 Å². The van der Waals surface area contributed by atoms with Crippen molar-refractivity contribution in [1.29, 1.82) is 0 Å². The topological polar surface area (TPSA) is 21.1 Å². The highest BCUT2D eigenvalue weighted by atomic mass is 32.2. The minimum absolute atomic E-state index is 0.689. The molecule has 2 aromatic carbocycles. The van der Waals surface area contributed by atoms with Crippen molar-refractivity contribution < 1.29 is 4.57 Å². The lowest BCUT2D eigenvalue weighted by Crippen LogP contribution is -2.31. The number of hydrogen-bond donors (Lipinski definition) is 0. The summed E-state index contributed by atoms with van der Waals surface area (Å²) in [4.78, 5) is 10.5. The zero-order valence-corrected chi connectivity index (χ0v) is 14.7. The standard InChI is InChI=1S/C21H14N3S/c1-12-15-5-4-7-23-16(15)11-18-19(12)21-20-13(6-8-24(21)3)9-14(22-2)10-17(20)25-18/h4-11H,1,3H3/q+1. The third-order valence-corrected chi connectivity index (χ3v) is 5.99. The minimum Gasteiger partial charge on any atom is -0.256 e. The van der Waals surface area contributed by atoms with Crippen molar-refractivity contribution in [3.63, 3.8) is 0 Å². The highest BCUT2D eigenvalue weighted by Gasteiger charge is 2.29. The maximum Gasteiger partial charge on any atom is 0.222 e. The number of nitrogens with zero attached hydrogens (tertiary/aromatic N) is 3. The first-order valence-electron chi connectivity index (χ1n) is 8.08. The van der Waals surface area contributed by atoms with Gasteiger partial charge >= 0.3 is 0 Å². The fourth-order valence-electron chi connectivity index (χ4n) is 3.75. The van der Waals surface area contributed by atoms with E-state index < -0.39 is 0 Å². The Balaban J connectivity index is 1.99. The molecule has 0 amide bonds. The molecular weight excluding hydrogens is 326 g/mol. The number of hydrogen-bond acceptors (Lipinski definition) is 2. The van der Waals surface area contributed by atoms with Crippen molar-refractivity contribution in [1.82, 2.24) is 4.98 Å². The first kappa shape index (κ1) is 14.4. The molecule has 25 heavy (non-hydrogen) atoms. The van der Waals surface area contributed by atoms with Gasteiger partial charge in [0.15, 0.2) is 11.9 Å². The summed E-state index contributed by atoms with van der Waals surface area (Å²) in [6.07, 6.45) is 3.93. The lowest BCUT2D eigenvalue weighted by Gasteiger charge is -2.21. The van der Waals surface area contributed by atoms with Gasteiger partial charge in [0.05, 0.1) is 23.0 Å². The van der Waals surface area contributed by atoms with E-state index in [0.717, 1.165) is 15.8 Å².